The van der Waals surface area contributed by atoms with Gasteiger partial charge in [-0.05, 0) is 0 Å². The van der Waals surface area contributed by atoms with Crippen molar-refractivity contribution in [1.82, 2.24) is 0 Å². The summed E-state index contributed by atoms with van der Waals surface area (Å²) in [6, 6.07) is 6.42. The van der Waals surface area contributed by atoms with Gasteiger partial charge in [0.2, 0.25) is 0 Å². The van der Waals surface area contributed by atoms with Gasteiger partial charge in [-0.15, -0.1) is 0 Å². The van der Waals surface area contributed by atoms with Crippen LogP contribution in [-0.2, 0) is 0 Å². The minimum atomic E-state index is 1.29. The third-order valence-electron chi connectivity index (χ3n) is 1.43. The molecule has 0 aliphatic heterocycles. The van der Waals surface area contributed by atoms with Crippen LogP contribution in [0, 0.1) is 13.8 Å². The normalized spacial score (nSPS) is 9.78. The first-order valence-electron chi connectivity index (χ1n) is 3.03. The van der Waals surface area contributed by atoms with Crippen LogP contribution in [0.2, 0.25) is 0 Å². The molecule has 1 rings (SSSR count). The van der Waals surface area contributed by atoms with Crippen LogP contribution < -0.4 is 4.43 Å². The second kappa shape index (κ2) is 2.56. The number of hydrogen-bond acceptors (Lipinski definition) is 0. The van der Waals surface area contributed by atoms with E-state index in [1.807, 2.05) is 0 Å². The standard InChI is InChI=1S/C8H9.Al/c1-7-4-3-5-8(2)6-7;/h3-4,6H,1-2H3;/q;+2. The predicted molar refractivity (Wildman–Crippen MR) is 41.3 cm³/mol. The molecule has 0 bridgehead atoms. The van der Waals surface area contributed by atoms with Crippen molar-refractivity contribution in [3.05, 3.63) is 29.3 Å². The Morgan fingerprint density at radius 3 is 2.33 bits per heavy atom. The SMILES string of the molecule is Cc1cc[c]([Al+2])c(C)c1. The van der Waals surface area contributed by atoms with Crippen molar-refractivity contribution in [2.45, 2.75) is 13.8 Å². The molecule has 0 saturated heterocycles. The van der Waals surface area contributed by atoms with Crippen molar-refractivity contribution in [1.29, 1.82) is 0 Å². The Balaban J connectivity index is 3.17. The Bertz CT molecular complexity index is 216. The quantitative estimate of drug-likeness (QED) is 0.464. The van der Waals surface area contributed by atoms with Crippen molar-refractivity contribution < 1.29 is 0 Å². The van der Waals surface area contributed by atoms with Gasteiger partial charge >= 0.3 is 63.9 Å². The van der Waals surface area contributed by atoms with Gasteiger partial charge in [0.15, 0.2) is 0 Å². The molecule has 1 aromatic carbocycles. The summed E-state index contributed by atoms with van der Waals surface area (Å²) in [6.45, 7) is 4.23. The zero-order chi connectivity index (χ0) is 6.85. The summed E-state index contributed by atoms with van der Waals surface area (Å²) in [5.74, 6) is 0. The Kier molecular flexibility index (Phi) is 1.95. The predicted octanol–water partition coefficient (Wildman–Crippen LogP) is 1.10. The van der Waals surface area contributed by atoms with E-state index >= 15 is 0 Å². The van der Waals surface area contributed by atoms with Crippen molar-refractivity contribution in [2.24, 2.45) is 0 Å². The molecule has 0 N–H and O–H groups in total. The van der Waals surface area contributed by atoms with E-state index in [9.17, 15) is 0 Å². The molecular formula is C8H9Al+2. The third kappa shape index (κ3) is 1.58. The second-order valence-corrected chi connectivity index (χ2v) is 2.98. The molecule has 0 unspecified atom stereocenters. The summed E-state index contributed by atoms with van der Waals surface area (Å²) in [5.41, 5.74) is 2.68. The van der Waals surface area contributed by atoms with Crippen molar-refractivity contribution >= 4 is 20.7 Å². The van der Waals surface area contributed by atoms with E-state index < -0.39 is 0 Å². The summed E-state index contributed by atoms with van der Waals surface area (Å²) in [4.78, 5) is 0. The van der Waals surface area contributed by atoms with Gasteiger partial charge in [0.1, 0.15) is 0 Å². The molecule has 0 radical (unpaired) electrons. The minimum absolute atomic E-state index is 1.29. The van der Waals surface area contributed by atoms with E-state index in [0.29, 0.717) is 0 Å². The van der Waals surface area contributed by atoms with Gasteiger partial charge in [-0.25, -0.2) is 0 Å². The zero-order valence-electron chi connectivity index (χ0n) is 5.81. The van der Waals surface area contributed by atoms with Crippen LogP contribution >= 0.6 is 0 Å². The van der Waals surface area contributed by atoms with Crippen LogP contribution in [0.3, 0.4) is 0 Å². The molecule has 42 valence electrons. The zero-order valence-corrected chi connectivity index (χ0v) is 6.96. The fourth-order valence-electron chi connectivity index (χ4n) is 0.826. The van der Waals surface area contributed by atoms with Crippen molar-refractivity contribution in [3.63, 3.8) is 0 Å². The first-order valence-corrected chi connectivity index (χ1v) is 3.60. The van der Waals surface area contributed by atoms with E-state index in [1.54, 1.807) is 0 Å². The van der Waals surface area contributed by atoms with Gasteiger partial charge in [0.05, 0.1) is 0 Å². The maximum absolute atomic E-state index is 2.71. The van der Waals surface area contributed by atoms with Crippen molar-refractivity contribution in [3.8, 4) is 0 Å². The summed E-state index contributed by atoms with van der Waals surface area (Å²) in [5, 5.41) is 0. The molecule has 0 atom stereocenters. The van der Waals surface area contributed by atoms with Crippen LogP contribution in [-0.4, -0.2) is 16.3 Å². The average molecular weight is 132 g/mol. The molecule has 0 spiro atoms. The van der Waals surface area contributed by atoms with E-state index in [-0.39, 0.29) is 0 Å². The van der Waals surface area contributed by atoms with Crippen LogP contribution in [0.15, 0.2) is 18.2 Å². The summed E-state index contributed by atoms with van der Waals surface area (Å²) in [6.07, 6.45) is 0. The topological polar surface area (TPSA) is 0 Å². The summed E-state index contributed by atoms with van der Waals surface area (Å²) >= 11 is 2.71. The van der Waals surface area contributed by atoms with E-state index in [1.165, 1.54) is 15.6 Å². The molecule has 0 nitrogen and oxygen atoms in total. The van der Waals surface area contributed by atoms with E-state index in [4.69, 9.17) is 0 Å². The number of aryl methyl sites for hydroxylation is 2. The first kappa shape index (κ1) is 6.87. The molecule has 0 aliphatic carbocycles. The first-order chi connectivity index (χ1) is 4.20. The van der Waals surface area contributed by atoms with Crippen LogP contribution in [0.5, 0.6) is 0 Å². The van der Waals surface area contributed by atoms with Gasteiger partial charge in [0.25, 0.3) is 0 Å². The molecule has 0 aromatic heterocycles. The van der Waals surface area contributed by atoms with Gasteiger partial charge in [-0.1, -0.05) is 0 Å². The fourth-order valence-corrected chi connectivity index (χ4v) is 1.01. The summed E-state index contributed by atoms with van der Waals surface area (Å²) in [7, 11) is 0. The van der Waals surface area contributed by atoms with Gasteiger partial charge < -0.3 is 0 Å². The number of rotatable bonds is 0. The Hall–Kier alpha value is -0.248. The number of benzene rings is 1. The molecule has 0 aliphatic rings. The van der Waals surface area contributed by atoms with E-state index in [2.05, 4.69) is 48.3 Å². The molecule has 1 heteroatoms. The van der Waals surface area contributed by atoms with Gasteiger partial charge in [-0.3, -0.25) is 0 Å². The van der Waals surface area contributed by atoms with Crippen LogP contribution in [0.25, 0.3) is 0 Å². The molecule has 9 heavy (non-hydrogen) atoms. The third-order valence-corrected chi connectivity index (χ3v) is 2.07. The molecule has 0 saturated carbocycles. The molecule has 0 heterocycles. The maximum atomic E-state index is 2.71. The number of hydrogen-bond donors (Lipinski definition) is 0. The van der Waals surface area contributed by atoms with Crippen LogP contribution in [0.4, 0.5) is 0 Å². The second-order valence-electron chi connectivity index (χ2n) is 2.36. The van der Waals surface area contributed by atoms with E-state index in [0.717, 1.165) is 0 Å². The average Bonchev–Trinajstić information content (AvgIpc) is 1.80. The molecule has 0 amide bonds. The van der Waals surface area contributed by atoms with Crippen LogP contribution in [0.1, 0.15) is 11.1 Å². The Morgan fingerprint density at radius 1 is 1.22 bits per heavy atom. The fraction of sp³-hybridized carbons (Fsp3) is 0.250. The Labute approximate surface area is 64.3 Å². The Morgan fingerprint density at radius 2 is 1.89 bits per heavy atom. The molecule has 0 fully saturated rings. The molecule has 1 aromatic rings. The molecular weight excluding hydrogens is 123 g/mol. The van der Waals surface area contributed by atoms with Crippen molar-refractivity contribution in [2.75, 3.05) is 0 Å². The van der Waals surface area contributed by atoms with Gasteiger partial charge in [0, 0.05) is 0 Å². The monoisotopic (exact) mass is 132 g/mol. The summed E-state index contributed by atoms with van der Waals surface area (Å²) < 4.78 is 1.29. The van der Waals surface area contributed by atoms with Gasteiger partial charge in [-0.2, -0.15) is 0 Å².